The molecule has 0 radical (unpaired) electrons. The Morgan fingerprint density at radius 2 is 2.00 bits per heavy atom. The summed E-state index contributed by atoms with van der Waals surface area (Å²) in [5, 5.41) is 0. The van der Waals surface area contributed by atoms with Crippen LogP contribution in [-0.2, 0) is 19.8 Å². The van der Waals surface area contributed by atoms with Crippen LogP contribution in [0, 0.1) is 5.82 Å². The first kappa shape index (κ1) is 16.0. The fourth-order valence-electron chi connectivity index (χ4n) is 2.60. The third kappa shape index (κ3) is 3.39. The van der Waals surface area contributed by atoms with Crippen LogP contribution in [0.25, 0.3) is 11.4 Å². The van der Waals surface area contributed by atoms with Crippen molar-refractivity contribution >= 4 is 0 Å². The van der Waals surface area contributed by atoms with Gasteiger partial charge >= 0.3 is 6.18 Å². The maximum atomic E-state index is 14.3. The van der Waals surface area contributed by atoms with E-state index >= 15 is 0 Å². The second-order valence-electron chi connectivity index (χ2n) is 6.01. The highest BCUT2D eigenvalue weighted by Gasteiger charge is 2.34. The third-order valence-electron chi connectivity index (χ3n) is 4.07. The zero-order valence-corrected chi connectivity index (χ0v) is 12.9. The molecule has 0 saturated heterocycles. The van der Waals surface area contributed by atoms with E-state index in [9.17, 15) is 17.6 Å². The van der Waals surface area contributed by atoms with Crippen LogP contribution >= 0.6 is 0 Å². The smallest absolute Gasteiger partial charge is 0.333 e. The Morgan fingerprint density at radius 1 is 1.30 bits per heavy atom. The Bertz CT molecular complexity index is 717. The number of hydrogen-bond donors (Lipinski definition) is 0. The first-order valence-corrected chi connectivity index (χ1v) is 7.35. The number of imidazole rings is 1. The lowest BCUT2D eigenvalue weighted by molar-refractivity contribution is -0.140. The molecule has 1 aliphatic rings. The van der Waals surface area contributed by atoms with Gasteiger partial charge < -0.3 is 4.57 Å². The Hall–Kier alpha value is -1.89. The van der Waals surface area contributed by atoms with Gasteiger partial charge in [-0.3, -0.25) is 4.90 Å². The number of nitrogens with zero attached hydrogens (tertiary/aromatic N) is 3. The maximum absolute atomic E-state index is 14.3. The predicted molar refractivity (Wildman–Crippen MR) is 78.1 cm³/mol. The molecule has 1 heterocycles. The van der Waals surface area contributed by atoms with Crippen LogP contribution in [0.15, 0.2) is 24.4 Å². The average Bonchev–Trinajstić information content (AvgIpc) is 3.23. The van der Waals surface area contributed by atoms with E-state index < -0.39 is 17.7 Å². The normalized spacial score (nSPS) is 15.4. The van der Waals surface area contributed by atoms with Crippen LogP contribution in [0.5, 0.6) is 0 Å². The molecule has 7 heteroatoms. The van der Waals surface area contributed by atoms with Gasteiger partial charge in [0, 0.05) is 37.0 Å². The summed E-state index contributed by atoms with van der Waals surface area (Å²) in [6.07, 6.45) is -1.35. The molecular formula is C16H17F4N3. The van der Waals surface area contributed by atoms with Gasteiger partial charge in [-0.2, -0.15) is 13.2 Å². The standard InChI is InChI=1S/C16H17F4N3/c1-22(12-5-6-12)8-11-4-3-10(7-13(11)17)15-21-14(9-23(15)2)16(18,19)20/h3-4,7,9,12H,5-6,8H2,1-2H3. The molecule has 1 saturated carbocycles. The van der Waals surface area contributed by atoms with Crippen molar-refractivity contribution in [3.8, 4) is 11.4 Å². The highest BCUT2D eigenvalue weighted by atomic mass is 19.4. The SMILES string of the molecule is CN(Cc1ccc(-c2nc(C(F)(F)F)cn2C)cc1F)C1CC1. The highest BCUT2D eigenvalue weighted by Crippen LogP contribution is 2.31. The molecular weight excluding hydrogens is 310 g/mol. The van der Waals surface area contributed by atoms with E-state index in [1.54, 1.807) is 12.1 Å². The highest BCUT2D eigenvalue weighted by molar-refractivity contribution is 5.57. The van der Waals surface area contributed by atoms with Gasteiger partial charge in [0.1, 0.15) is 11.6 Å². The minimum atomic E-state index is -4.51. The van der Waals surface area contributed by atoms with Crippen molar-refractivity contribution in [2.45, 2.75) is 31.6 Å². The van der Waals surface area contributed by atoms with E-state index in [0.717, 1.165) is 19.0 Å². The molecule has 1 aromatic carbocycles. The molecule has 124 valence electrons. The lowest BCUT2D eigenvalue weighted by Gasteiger charge is -2.16. The summed E-state index contributed by atoms with van der Waals surface area (Å²) in [7, 11) is 3.41. The molecule has 3 rings (SSSR count). The lowest BCUT2D eigenvalue weighted by atomic mass is 10.1. The van der Waals surface area contributed by atoms with Crippen molar-refractivity contribution < 1.29 is 17.6 Å². The summed E-state index contributed by atoms with van der Waals surface area (Å²) in [5.74, 6) is -0.329. The largest absolute Gasteiger partial charge is 0.434 e. The minimum Gasteiger partial charge on any atom is -0.333 e. The van der Waals surface area contributed by atoms with Crippen molar-refractivity contribution in [2.24, 2.45) is 7.05 Å². The Kier molecular flexibility index (Phi) is 3.91. The monoisotopic (exact) mass is 327 g/mol. The maximum Gasteiger partial charge on any atom is 0.434 e. The molecule has 3 nitrogen and oxygen atoms in total. The molecule has 2 aromatic rings. The van der Waals surface area contributed by atoms with Gasteiger partial charge in [-0.05, 0) is 26.0 Å². The molecule has 1 aliphatic carbocycles. The van der Waals surface area contributed by atoms with Crippen LogP contribution in [0.2, 0.25) is 0 Å². The van der Waals surface area contributed by atoms with Gasteiger partial charge in [-0.25, -0.2) is 9.37 Å². The van der Waals surface area contributed by atoms with Crippen LogP contribution in [0.3, 0.4) is 0 Å². The molecule has 0 spiro atoms. The first-order valence-electron chi connectivity index (χ1n) is 7.35. The Balaban J connectivity index is 1.86. The summed E-state index contributed by atoms with van der Waals surface area (Å²) in [4.78, 5) is 5.67. The molecule has 0 bridgehead atoms. The summed E-state index contributed by atoms with van der Waals surface area (Å²) in [5.41, 5.74) is -0.111. The fourth-order valence-corrected chi connectivity index (χ4v) is 2.60. The Labute approximate surface area is 131 Å². The molecule has 1 aromatic heterocycles. The van der Waals surface area contributed by atoms with Crippen molar-refractivity contribution in [1.29, 1.82) is 0 Å². The van der Waals surface area contributed by atoms with E-state index in [0.29, 0.717) is 23.7 Å². The van der Waals surface area contributed by atoms with E-state index in [2.05, 4.69) is 9.88 Å². The number of benzene rings is 1. The van der Waals surface area contributed by atoms with Gasteiger partial charge in [0.05, 0.1) is 0 Å². The van der Waals surface area contributed by atoms with Crippen LogP contribution < -0.4 is 0 Å². The number of aryl methyl sites for hydroxylation is 1. The van der Waals surface area contributed by atoms with Crippen LogP contribution in [0.1, 0.15) is 24.1 Å². The van der Waals surface area contributed by atoms with E-state index in [1.165, 1.54) is 17.7 Å². The van der Waals surface area contributed by atoms with Crippen molar-refractivity contribution in [3.05, 3.63) is 41.5 Å². The van der Waals surface area contributed by atoms with Gasteiger partial charge in [0.25, 0.3) is 0 Å². The molecule has 23 heavy (non-hydrogen) atoms. The van der Waals surface area contributed by atoms with Gasteiger partial charge in [-0.15, -0.1) is 0 Å². The van der Waals surface area contributed by atoms with Gasteiger partial charge in [0.2, 0.25) is 0 Å². The second kappa shape index (κ2) is 5.63. The number of alkyl halides is 3. The van der Waals surface area contributed by atoms with Crippen LogP contribution in [0.4, 0.5) is 17.6 Å². The van der Waals surface area contributed by atoms with E-state index in [1.807, 2.05) is 7.05 Å². The molecule has 0 aliphatic heterocycles. The topological polar surface area (TPSA) is 21.1 Å². The molecule has 0 N–H and O–H groups in total. The number of hydrogen-bond acceptors (Lipinski definition) is 2. The van der Waals surface area contributed by atoms with Crippen molar-refractivity contribution in [2.75, 3.05) is 7.05 Å². The van der Waals surface area contributed by atoms with Gasteiger partial charge in [0.15, 0.2) is 5.69 Å². The molecule has 0 unspecified atom stereocenters. The second-order valence-corrected chi connectivity index (χ2v) is 6.01. The summed E-state index contributed by atoms with van der Waals surface area (Å²) in [6.45, 7) is 0.491. The summed E-state index contributed by atoms with van der Waals surface area (Å²) < 4.78 is 53.7. The zero-order valence-electron chi connectivity index (χ0n) is 12.9. The quantitative estimate of drug-likeness (QED) is 0.796. The fraction of sp³-hybridized carbons (Fsp3) is 0.438. The predicted octanol–water partition coefficient (Wildman–Crippen LogP) is 3.84. The molecule has 0 atom stereocenters. The minimum absolute atomic E-state index is 0.0957. The van der Waals surface area contributed by atoms with Crippen LogP contribution in [-0.4, -0.2) is 27.5 Å². The number of halogens is 4. The van der Waals surface area contributed by atoms with Crippen molar-refractivity contribution in [3.63, 3.8) is 0 Å². The van der Waals surface area contributed by atoms with E-state index in [4.69, 9.17) is 0 Å². The van der Waals surface area contributed by atoms with E-state index in [-0.39, 0.29) is 5.82 Å². The zero-order chi connectivity index (χ0) is 16.8. The Morgan fingerprint density at radius 3 is 2.52 bits per heavy atom. The number of aromatic nitrogens is 2. The van der Waals surface area contributed by atoms with Gasteiger partial charge in [-0.1, -0.05) is 12.1 Å². The lowest BCUT2D eigenvalue weighted by Crippen LogP contribution is -2.20. The third-order valence-corrected chi connectivity index (χ3v) is 4.07. The summed E-state index contributed by atoms with van der Waals surface area (Å²) >= 11 is 0. The first-order chi connectivity index (χ1) is 10.8. The average molecular weight is 327 g/mol. The number of rotatable bonds is 4. The molecule has 0 amide bonds. The summed E-state index contributed by atoms with van der Waals surface area (Å²) in [6, 6.07) is 4.99. The van der Waals surface area contributed by atoms with Crippen molar-refractivity contribution in [1.82, 2.24) is 14.5 Å². The molecule has 1 fully saturated rings.